The Morgan fingerprint density at radius 1 is 1.15 bits per heavy atom. The van der Waals surface area contributed by atoms with Gasteiger partial charge in [0.1, 0.15) is 17.3 Å². The Bertz CT molecular complexity index is 1350. The van der Waals surface area contributed by atoms with E-state index in [2.05, 4.69) is 25.6 Å². The number of rotatable bonds is 6. The van der Waals surface area contributed by atoms with Gasteiger partial charge in [0, 0.05) is 23.5 Å². The average molecular weight is 457 g/mol. The van der Waals surface area contributed by atoms with Crippen LogP contribution in [-0.4, -0.2) is 44.6 Å². The fraction of sp³-hybridized carbons (Fsp3) is 0.240. The zero-order chi connectivity index (χ0) is 23.7. The summed E-state index contributed by atoms with van der Waals surface area (Å²) >= 11 is 0. The van der Waals surface area contributed by atoms with Crippen molar-refractivity contribution in [1.29, 1.82) is 0 Å². The molecule has 1 atom stereocenters. The maximum Gasteiger partial charge on any atom is 0.272 e. The number of nitrogens with one attached hydrogen (secondary N) is 1. The van der Waals surface area contributed by atoms with Gasteiger partial charge in [-0.05, 0) is 55.8 Å². The standard InChI is InChI=1S/C25H24N6O3/c1-4-34-19-7-5-6-17(12-19)20-13-22(32)28-24-23(20)15(2)30-31(24)25-27-21(14-26-29-25)16-8-10-18(33-3)11-9-16/h5-12,14,20H,4,13H2,1-3H3,(H,28,32)/t20-/m1/s1. The Morgan fingerprint density at radius 3 is 2.74 bits per heavy atom. The zero-order valence-electron chi connectivity index (χ0n) is 19.1. The molecular weight excluding hydrogens is 432 g/mol. The van der Waals surface area contributed by atoms with Crippen LogP contribution in [0.25, 0.3) is 17.2 Å². The molecule has 1 aliphatic rings. The summed E-state index contributed by atoms with van der Waals surface area (Å²) in [5, 5.41) is 16.0. The smallest absolute Gasteiger partial charge is 0.272 e. The van der Waals surface area contributed by atoms with E-state index in [0.717, 1.165) is 33.9 Å². The van der Waals surface area contributed by atoms with E-state index in [0.29, 0.717) is 24.5 Å². The third kappa shape index (κ3) is 3.96. The minimum Gasteiger partial charge on any atom is -0.497 e. The fourth-order valence-corrected chi connectivity index (χ4v) is 4.25. The van der Waals surface area contributed by atoms with Crippen molar-refractivity contribution in [2.45, 2.75) is 26.2 Å². The summed E-state index contributed by atoms with van der Waals surface area (Å²) in [6, 6.07) is 15.4. The Morgan fingerprint density at radius 2 is 1.97 bits per heavy atom. The van der Waals surface area contributed by atoms with Crippen molar-refractivity contribution in [3.63, 3.8) is 0 Å². The Labute approximate surface area is 196 Å². The Kier molecular flexibility index (Phi) is 5.67. The summed E-state index contributed by atoms with van der Waals surface area (Å²) in [6.07, 6.45) is 1.91. The van der Waals surface area contributed by atoms with Crippen LogP contribution in [0, 0.1) is 6.92 Å². The number of fused-ring (bicyclic) bond motifs is 1. The molecule has 1 aliphatic heterocycles. The highest BCUT2D eigenvalue weighted by Crippen LogP contribution is 2.40. The van der Waals surface area contributed by atoms with Crippen molar-refractivity contribution in [3.05, 3.63) is 71.5 Å². The van der Waals surface area contributed by atoms with Crippen LogP contribution in [-0.2, 0) is 4.79 Å². The van der Waals surface area contributed by atoms with Gasteiger partial charge in [-0.15, -0.1) is 5.10 Å². The van der Waals surface area contributed by atoms with Crippen molar-refractivity contribution in [3.8, 4) is 28.7 Å². The second-order valence-corrected chi connectivity index (χ2v) is 7.94. The molecule has 0 aliphatic carbocycles. The molecule has 4 aromatic rings. The van der Waals surface area contributed by atoms with E-state index in [1.165, 1.54) is 0 Å². The number of methoxy groups -OCH3 is 1. The SMILES string of the molecule is CCOc1cccc([C@H]2CC(=O)Nc3c2c(C)nn3-c2nncc(-c3ccc(OC)cc3)n2)c1. The molecular formula is C25H24N6O3. The molecule has 0 radical (unpaired) electrons. The average Bonchev–Trinajstić information content (AvgIpc) is 3.20. The summed E-state index contributed by atoms with van der Waals surface area (Å²) in [5.74, 6) is 2.12. The van der Waals surface area contributed by atoms with Gasteiger partial charge < -0.3 is 14.8 Å². The van der Waals surface area contributed by atoms with E-state index in [-0.39, 0.29) is 17.8 Å². The number of carbonyl (C=O) groups excluding carboxylic acids is 1. The summed E-state index contributed by atoms with van der Waals surface area (Å²) in [6.45, 7) is 4.44. The molecule has 0 saturated carbocycles. The maximum absolute atomic E-state index is 12.7. The van der Waals surface area contributed by atoms with Crippen molar-refractivity contribution in [1.82, 2.24) is 25.0 Å². The summed E-state index contributed by atoms with van der Waals surface area (Å²) in [7, 11) is 1.62. The first kappa shape index (κ1) is 21.6. The number of benzene rings is 2. The van der Waals surface area contributed by atoms with E-state index in [9.17, 15) is 4.79 Å². The maximum atomic E-state index is 12.7. The van der Waals surface area contributed by atoms with Crippen LogP contribution in [0.15, 0.2) is 54.7 Å². The lowest BCUT2D eigenvalue weighted by Gasteiger charge is -2.24. The zero-order valence-corrected chi connectivity index (χ0v) is 19.1. The van der Waals surface area contributed by atoms with Crippen molar-refractivity contribution in [2.75, 3.05) is 19.0 Å². The number of anilines is 1. The molecule has 0 saturated heterocycles. The number of hydrogen-bond donors (Lipinski definition) is 1. The topological polar surface area (TPSA) is 104 Å². The molecule has 0 spiro atoms. The molecule has 34 heavy (non-hydrogen) atoms. The van der Waals surface area contributed by atoms with Gasteiger partial charge >= 0.3 is 0 Å². The van der Waals surface area contributed by atoms with Gasteiger partial charge in [-0.3, -0.25) is 4.79 Å². The molecule has 9 nitrogen and oxygen atoms in total. The van der Waals surface area contributed by atoms with E-state index >= 15 is 0 Å². The molecule has 5 rings (SSSR count). The monoisotopic (exact) mass is 456 g/mol. The molecule has 0 bridgehead atoms. The van der Waals surface area contributed by atoms with Gasteiger partial charge in [0.05, 0.1) is 31.3 Å². The Hall–Kier alpha value is -4.27. The first-order valence-corrected chi connectivity index (χ1v) is 11.0. The number of aryl methyl sites for hydroxylation is 1. The quantitative estimate of drug-likeness (QED) is 0.469. The van der Waals surface area contributed by atoms with Gasteiger partial charge in [0.15, 0.2) is 0 Å². The van der Waals surface area contributed by atoms with Gasteiger partial charge in [-0.25, -0.2) is 4.98 Å². The minimum atomic E-state index is -0.157. The number of amides is 1. The molecule has 1 N–H and O–H groups in total. The fourth-order valence-electron chi connectivity index (χ4n) is 4.25. The number of hydrogen-bond acceptors (Lipinski definition) is 7. The van der Waals surface area contributed by atoms with Gasteiger partial charge in [0.25, 0.3) is 5.95 Å². The minimum absolute atomic E-state index is 0.0975. The van der Waals surface area contributed by atoms with Gasteiger partial charge in [0.2, 0.25) is 5.91 Å². The Balaban J connectivity index is 1.56. The number of aromatic nitrogens is 5. The molecule has 2 aromatic heterocycles. The summed E-state index contributed by atoms with van der Waals surface area (Å²) in [5.41, 5.74) is 4.23. The largest absolute Gasteiger partial charge is 0.497 e. The normalized spacial score (nSPS) is 14.9. The van der Waals surface area contributed by atoms with Crippen LogP contribution in [0.3, 0.4) is 0 Å². The summed E-state index contributed by atoms with van der Waals surface area (Å²) in [4.78, 5) is 17.4. The van der Waals surface area contributed by atoms with Crippen LogP contribution >= 0.6 is 0 Å². The summed E-state index contributed by atoms with van der Waals surface area (Å²) < 4.78 is 12.5. The molecule has 0 fully saturated rings. The molecule has 1 amide bonds. The third-order valence-corrected chi connectivity index (χ3v) is 5.80. The van der Waals surface area contributed by atoms with E-state index in [1.54, 1.807) is 18.0 Å². The molecule has 172 valence electrons. The second kappa shape index (κ2) is 8.93. The lowest BCUT2D eigenvalue weighted by atomic mass is 9.86. The highest BCUT2D eigenvalue weighted by molar-refractivity contribution is 5.95. The third-order valence-electron chi connectivity index (χ3n) is 5.80. The van der Waals surface area contributed by atoms with Crippen LogP contribution in [0.4, 0.5) is 5.82 Å². The van der Waals surface area contributed by atoms with Crippen LogP contribution in [0.2, 0.25) is 0 Å². The van der Waals surface area contributed by atoms with E-state index in [1.807, 2.05) is 62.4 Å². The molecule has 3 heterocycles. The van der Waals surface area contributed by atoms with Crippen molar-refractivity contribution >= 4 is 11.7 Å². The van der Waals surface area contributed by atoms with Crippen LogP contribution < -0.4 is 14.8 Å². The van der Waals surface area contributed by atoms with Gasteiger partial charge in [-0.1, -0.05) is 12.1 Å². The molecule has 0 unspecified atom stereocenters. The highest BCUT2D eigenvalue weighted by Gasteiger charge is 2.33. The number of nitrogens with zero attached hydrogens (tertiary/aromatic N) is 5. The predicted octanol–water partition coefficient (Wildman–Crippen LogP) is 3.91. The number of carbonyl (C=O) groups is 1. The number of ether oxygens (including phenoxy) is 2. The van der Waals surface area contributed by atoms with Crippen molar-refractivity contribution < 1.29 is 14.3 Å². The van der Waals surface area contributed by atoms with Crippen molar-refractivity contribution in [2.24, 2.45) is 0 Å². The van der Waals surface area contributed by atoms with E-state index < -0.39 is 0 Å². The molecule has 2 aromatic carbocycles. The first-order chi connectivity index (χ1) is 16.6. The first-order valence-electron chi connectivity index (χ1n) is 11.0. The second-order valence-electron chi connectivity index (χ2n) is 7.94. The predicted molar refractivity (Wildman–Crippen MR) is 126 cm³/mol. The van der Waals surface area contributed by atoms with Crippen LogP contribution in [0.5, 0.6) is 11.5 Å². The van der Waals surface area contributed by atoms with Gasteiger partial charge in [-0.2, -0.15) is 14.9 Å². The lowest BCUT2D eigenvalue weighted by molar-refractivity contribution is -0.116. The highest BCUT2D eigenvalue weighted by atomic mass is 16.5. The lowest BCUT2D eigenvalue weighted by Crippen LogP contribution is -2.25. The van der Waals surface area contributed by atoms with E-state index in [4.69, 9.17) is 9.47 Å². The van der Waals surface area contributed by atoms with Crippen LogP contribution in [0.1, 0.15) is 36.1 Å². The molecule has 9 heteroatoms.